The molecule has 4 atom stereocenters. The SMILES string of the molecule is NC(=O)[C@H](Cc1cnc[nH]1)NC(=O)[C@H](Cc1cnc[nH]1)NC(=O)CP(=O)(O)C(Cc1ccccc1)NS(=O)(=O)c1cccc2cccnc12. The fraction of sp³-hybridized carbons (Fsp3) is 0.226. The number of carbonyl (C=O) groups excluding carboxylic acids is 3. The van der Waals surface area contributed by atoms with Crippen molar-refractivity contribution in [3.63, 3.8) is 0 Å². The maximum atomic E-state index is 14.0. The lowest BCUT2D eigenvalue weighted by atomic mass is 10.1. The maximum Gasteiger partial charge on any atom is 0.243 e. The molecule has 0 bridgehead atoms. The summed E-state index contributed by atoms with van der Waals surface area (Å²) in [5.41, 5.74) is 7.18. The van der Waals surface area contributed by atoms with E-state index in [4.69, 9.17) is 5.73 Å². The van der Waals surface area contributed by atoms with Crippen LogP contribution in [0.25, 0.3) is 10.9 Å². The Morgan fingerprint density at radius 1 is 0.857 bits per heavy atom. The normalized spacial score (nSPS) is 14.7. The standard InChI is InChI=1S/C31H34N9O7PS/c32-30(42)24(13-22-15-33-18-36-22)39-31(43)25(14-23-16-34-19-37-23)38-27(41)17-48(44,45)28(12-20-6-2-1-3-7-20)40-49(46,47)26-10-4-8-21-9-5-11-35-29(21)26/h1-11,15-16,18-19,24-25,28,40H,12-14,17H2,(H2,32,42)(H,33,36)(H,34,37)(H,38,41)(H,39,43)(H,44,45)/t24-,25-,28?/m0/s1. The Kier molecular flexibility index (Phi) is 11.0. The van der Waals surface area contributed by atoms with Crippen molar-refractivity contribution in [1.29, 1.82) is 0 Å². The zero-order valence-corrected chi connectivity index (χ0v) is 27.6. The Labute approximate surface area is 280 Å². The molecular weight excluding hydrogens is 673 g/mol. The van der Waals surface area contributed by atoms with E-state index in [9.17, 15) is 32.3 Å². The van der Waals surface area contributed by atoms with Gasteiger partial charge in [-0.25, -0.2) is 18.4 Å². The zero-order chi connectivity index (χ0) is 35.0. The molecule has 0 spiro atoms. The van der Waals surface area contributed by atoms with Crippen LogP contribution in [0.15, 0.2) is 96.8 Å². The van der Waals surface area contributed by atoms with Gasteiger partial charge in [0.15, 0.2) is 0 Å². The molecule has 2 aromatic carbocycles. The predicted octanol–water partition coefficient (Wildman–Crippen LogP) is 0.739. The lowest BCUT2D eigenvalue weighted by molar-refractivity contribution is -0.130. The second-order valence-electron chi connectivity index (χ2n) is 11.2. The Bertz CT molecular complexity index is 2060. The minimum Gasteiger partial charge on any atom is -0.368 e. The van der Waals surface area contributed by atoms with E-state index in [0.717, 1.165) is 0 Å². The number of hydrogen-bond acceptors (Lipinski definition) is 9. The van der Waals surface area contributed by atoms with E-state index in [1.807, 2.05) is 0 Å². The van der Waals surface area contributed by atoms with Crippen LogP contribution >= 0.6 is 7.37 Å². The zero-order valence-electron chi connectivity index (χ0n) is 25.9. The highest BCUT2D eigenvalue weighted by molar-refractivity contribution is 7.90. The number of amides is 3. The fourth-order valence-corrected chi connectivity index (χ4v) is 8.68. The van der Waals surface area contributed by atoms with Crippen molar-refractivity contribution >= 4 is 46.0 Å². The van der Waals surface area contributed by atoms with Gasteiger partial charge in [0.1, 0.15) is 28.9 Å². The van der Waals surface area contributed by atoms with Gasteiger partial charge in [0.25, 0.3) is 0 Å². The number of nitrogens with one attached hydrogen (secondary N) is 5. The van der Waals surface area contributed by atoms with E-state index in [1.54, 1.807) is 48.5 Å². The number of aromatic nitrogens is 5. The van der Waals surface area contributed by atoms with Crippen molar-refractivity contribution in [3.8, 4) is 0 Å². The van der Waals surface area contributed by atoms with Gasteiger partial charge in [-0.05, 0) is 24.1 Å². The van der Waals surface area contributed by atoms with Crippen LogP contribution in [0.5, 0.6) is 0 Å². The molecule has 16 nitrogen and oxygen atoms in total. The van der Waals surface area contributed by atoms with Crippen LogP contribution in [-0.4, -0.2) is 80.0 Å². The largest absolute Gasteiger partial charge is 0.368 e. The summed E-state index contributed by atoms with van der Waals surface area (Å²) in [4.78, 5) is 67.8. The molecule has 5 aromatic rings. The molecular formula is C31H34N9O7PS. The first kappa shape index (κ1) is 35.1. The third-order valence-electron chi connectivity index (χ3n) is 7.57. The average Bonchev–Trinajstić information content (AvgIpc) is 3.78. The first-order valence-electron chi connectivity index (χ1n) is 15.0. The van der Waals surface area contributed by atoms with Gasteiger partial charge in [-0.2, -0.15) is 4.72 Å². The highest BCUT2D eigenvalue weighted by Gasteiger charge is 2.38. The molecule has 256 valence electrons. The highest BCUT2D eigenvalue weighted by atomic mass is 32.2. The van der Waals surface area contributed by atoms with E-state index in [1.165, 1.54) is 43.4 Å². The number of fused-ring (bicyclic) bond motifs is 1. The van der Waals surface area contributed by atoms with Crippen molar-refractivity contribution in [1.82, 2.24) is 40.3 Å². The van der Waals surface area contributed by atoms with Gasteiger partial charge in [0.2, 0.25) is 35.1 Å². The van der Waals surface area contributed by atoms with Gasteiger partial charge in [0.05, 0.1) is 18.2 Å². The number of imidazole rings is 2. The number of benzene rings is 2. The van der Waals surface area contributed by atoms with Gasteiger partial charge in [0, 0.05) is 48.2 Å². The van der Waals surface area contributed by atoms with Crippen LogP contribution in [-0.2, 0) is 48.2 Å². The number of aromatic amines is 2. The molecule has 0 radical (unpaired) electrons. The molecule has 3 amide bonds. The quantitative estimate of drug-likeness (QED) is 0.0708. The number of rotatable bonds is 16. The Morgan fingerprint density at radius 3 is 2.14 bits per heavy atom. The molecule has 5 rings (SSSR count). The van der Waals surface area contributed by atoms with Crippen molar-refractivity contribution < 1.29 is 32.3 Å². The summed E-state index contributed by atoms with van der Waals surface area (Å²) in [6.07, 6.45) is 5.67. The Balaban J connectivity index is 1.37. The van der Waals surface area contributed by atoms with Gasteiger partial charge >= 0.3 is 0 Å². The maximum absolute atomic E-state index is 14.0. The molecule has 18 heteroatoms. The third-order valence-corrected chi connectivity index (χ3v) is 11.3. The summed E-state index contributed by atoms with van der Waals surface area (Å²) in [5, 5.41) is 5.52. The number of hydrogen-bond donors (Lipinski definition) is 7. The average molecular weight is 708 g/mol. The van der Waals surface area contributed by atoms with E-state index in [-0.39, 0.29) is 29.7 Å². The van der Waals surface area contributed by atoms with Crippen molar-refractivity contribution in [2.75, 3.05) is 6.16 Å². The summed E-state index contributed by atoms with van der Waals surface area (Å²) in [6.45, 7) is 0. The second kappa shape index (κ2) is 15.3. The minimum absolute atomic E-state index is 0.00876. The molecule has 3 heterocycles. The number of H-pyrrole nitrogens is 2. The van der Waals surface area contributed by atoms with Crippen molar-refractivity contribution in [2.24, 2.45) is 5.73 Å². The number of pyridine rings is 1. The summed E-state index contributed by atoms with van der Waals surface area (Å²) in [6, 6.07) is 13.8. The van der Waals surface area contributed by atoms with E-state index >= 15 is 0 Å². The van der Waals surface area contributed by atoms with Gasteiger partial charge in [-0.15, -0.1) is 0 Å². The summed E-state index contributed by atoms with van der Waals surface area (Å²) in [7, 11) is -9.14. The van der Waals surface area contributed by atoms with E-state index in [0.29, 0.717) is 22.3 Å². The second-order valence-corrected chi connectivity index (χ2v) is 15.4. The first-order chi connectivity index (χ1) is 23.4. The van der Waals surface area contributed by atoms with Gasteiger partial charge < -0.3 is 31.2 Å². The molecule has 0 saturated heterocycles. The number of para-hydroxylation sites is 1. The number of carbonyl (C=O) groups is 3. The Morgan fingerprint density at radius 2 is 1.51 bits per heavy atom. The summed E-state index contributed by atoms with van der Waals surface area (Å²) >= 11 is 0. The Hall–Kier alpha value is -5.22. The number of nitrogens with zero attached hydrogens (tertiary/aromatic N) is 3. The number of nitrogens with two attached hydrogens (primary N) is 1. The molecule has 49 heavy (non-hydrogen) atoms. The van der Waals surface area contributed by atoms with E-state index in [2.05, 4.69) is 40.3 Å². The molecule has 0 saturated carbocycles. The minimum atomic E-state index is -4.70. The lowest BCUT2D eigenvalue weighted by Gasteiger charge is -2.26. The third kappa shape index (κ3) is 9.23. The summed E-state index contributed by atoms with van der Waals surface area (Å²) < 4.78 is 43.7. The van der Waals surface area contributed by atoms with Gasteiger partial charge in [-0.1, -0.05) is 48.5 Å². The van der Waals surface area contributed by atoms with Crippen LogP contribution in [0.1, 0.15) is 17.0 Å². The van der Waals surface area contributed by atoms with Crippen LogP contribution in [0.2, 0.25) is 0 Å². The van der Waals surface area contributed by atoms with Gasteiger partial charge in [-0.3, -0.25) is 23.9 Å². The lowest BCUT2D eigenvalue weighted by Crippen LogP contribution is -2.54. The van der Waals surface area contributed by atoms with Crippen LogP contribution in [0, 0.1) is 0 Å². The predicted molar refractivity (Wildman–Crippen MR) is 178 cm³/mol. The fourth-order valence-electron chi connectivity index (χ4n) is 5.13. The molecule has 8 N–H and O–H groups in total. The van der Waals surface area contributed by atoms with Crippen LogP contribution < -0.4 is 21.1 Å². The molecule has 3 aromatic heterocycles. The molecule has 0 fully saturated rings. The van der Waals surface area contributed by atoms with Crippen molar-refractivity contribution in [3.05, 3.63) is 109 Å². The molecule has 2 unspecified atom stereocenters. The molecule has 0 aliphatic heterocycles. The summed E-state index contributed by atoms with van der Waals surface area (Å²) in [5.74, 6) is -4.30. The van der Waals surface area contributed by atoms with Crippen molar-refractivity contribution in [2.45, 2.75) is 42.0 Å². The smallest absolute Gasteiger partial charge is 0.243 e. The molecule has 0 aliphatic rings. The monoisotopic (exact) mass is 707 g/mol. The highest BCUT2D eigenvalue weighted by Crippen LogP contribution is 2.46. The molecule has 0 aliphatic carbocycles. The number of primary amides is 1. The van der Waals surface area contributed by atoms with Crippen LogP contribution in [0.3, 0.4) is 0 Å². The topological polar surface area (TPSA) is 255 Å². The first-order valence-corrected chi connectivity index (χ1v) is 18.4. The van der Waals surface area contributed by atoms with E-state index < -0.39 is 59.1 Å². The number of sulfonamides is 1. The van der Waals surface area contributed by atoms with Crippen LogP contribution in [0.4, 0.5) is 0 Å².